The van der Waals surface area contributed by atoms with E-state index in [1.807, 2.05) is 6.08 Å². The first-order chi connectivity index (χ1) is 40.5. The first-order valence-corrected chi connectivity index (χ1v) is 34.2. The third-order valence-electron chi connectivity index (χ3n) is 14.4. The summed E-state index contributed by atoms with van der Waals surface area (Å²) >= 11 is 0. The van der Waals surface area contributed by atoms with Gasteiger partial charge in [-0.2, -0.15) is 0 Å². The fourth-order valence-electron chi connectivity index (χ4n) is 9.34. The summed E-state index contributed by atoms with van der Waals surface area (Å²) in [7, 11) is 0. The Kier molecular flexibility index (Phi) is 65.3. The zero-order valence-electron chi connectivity index (χ0n) is 53.5. The van der Waals surface area contributed by atoms with Crippen molar-refractivity contribution in [1.82, 2.24) is 0 Å². The Morgan fingerprint density at radius 3 is 0.829 bits per heavy atom. The van der Waals surface area contributed by atoms with Crippen molar-refractivity contribution in [3.63, 3.8) is 0 Å². The molecule has 1 atom stereocenters. The number of ether oxygens (including phenoxy) is 3. The maximum atomic E-state index is 12.9. The van der Waals surface area contributed by atoms with Crippen LogP contribution in [0.1, 0.15) is 310 Å². The standard InChI is InChI=1S/C76H126O6/c1-4-7-10-13-16-19-22-25-27-29-31-32-33-34-35-36-37-38-39-40-41-42-43-44-45-47-48-51-54-57-60-63-66-69-75(78)81-72-73(71-80-74(77)68-65-62-59-56-53-50-24-21-18-15-12-9-6-3)82-76(79)70-67-64-61-58-55-52-49-46-30-28-26-23-20-17-14-11-8-5-2/h7,9-10,12,16,18-19,21,25,27-28,30-32,34-35,37-38,50,53,59,62,73H,4-6,8,11,13-15,17,20,22-24,26,29,33,36,39-49,51-52,54-58,60-61,63-72H2,1-3H3/b10-7-,12-9-,19-16-,21-18-,27-25-,30-28-,32-31-,35-34-,38-37-,53-50-,62-59-. The van der Waals surface area contributed by atoms with Gasteiger partial charge in [-0.25, -0.2) is 0 Å². The molecule has 0 aliphatic rings. The molecule has 0 radical (unpaired) electrons. The number of hydrogen-bond donors (Lipinski definition) is 0. The largest absolute Gasteiger partial charge is 0.462 e. The quantitative estimate of drug-likeness (QED) is 0.0261. The molecule has 0 spiro atoms. The van der Waals surface area contributed by atoms with E-state index in [-0.39, 0.29) is 37.5 Å². The lowest BCUT2D eigenvalue weighted by Gasteiger charge is -2.18. The predicted octanol–water partition coefficient (Wildman–Crippen LogP) is 23.7. The average Bonchev–Trinajstić information content (AvgIpc) is 3.47. The van der Waals surface area contributed by atoms with Crippen LogP contribution in [0.5, 0.6) is 0 Å². The minimum Gasteiger partial charge on any atom is -0.462 e. The van der Waals surface area contributed by atoms with Gasteiger partial charge in [-0.1, -0.05) is 302 Å². The number of rotatable bonds is 61. The lowest BCUT2D eigenvalue weighted by atomic mass is 10.0. The summed E-state index contributed by atoms with van der Waals surface area (Å²) in [6.45, 7) is 6.36. The molecule has 0 heterocycles. The van der Waals surface area contributed by atoms with E-state index in [1.165, 1.54) is 161 Å². The van der Waals surface area contributed by atoms with Crippen LogP contribution in [0.3, 0.4) is 0 Å². The topological polar surface area (TPSA) is 78.9 Å². The van der Waals surface area contributed by atoms with Crippen molar-refractivity contribution in [3.8, 4) is 0 Å². The number of carbonyl (C=O) groups excluding carboxylic acids is 3. The van der Waals surface area contributed by atoms with Crippen LogP contribution in [0.15, 0.2) is 134 Å². The highest BCUT2D eigenvalue weighted by atomic mass is 16.6. The number of allylic oxidation sites excluding steroid dienone is 22. The van der Waals surface area contributed by atoms with E-state index in [4.69, 9.17) is 14.2 Å². The maximum Gasteiger partial charge on any atom is 0.306 e. The third kappa shape index (κ3) is 66.4. The molecule has 6 nitrogen and oxygen atoms in total. The molecule has 1 unspecified atom stereocenters. The van der Waals surface area contributed by atoms with E-state index in [0.717, 1.165) is 103 Å². The molecular formula is C76H126O6. The molecule has 0 aliphatic carbocycles. The number of hydrogen-bond acceptors (Lipinski definition) is 6. The van der Waals surface area contributed by atoms with Gasteiger partial charge in [0.2, 0.25) is 0 Å². The van der Waals surface area contributed by atoms with Gasteiger partial charge in [0.15, 0.2) is 6.10 Å². The fourth-order valence-corrected chi connectivity index (χ4v) is 9.34. The summed E-state index contributed by atoms with van der Waals surface area (Å²) in [6.07, 6.45) is 97.8. The summed E-state index contributed by atoms with van der Waals surface area (Å²) in [6, 6.07) is 0. The van der Waals surface area contributed by atoms with Crippen LogP contribution in [0, 0.1) is 0 Å². The summed E-state index contributed by atoms with van der Waals surface area (Å²) in [5, 5.41) is 0. The molecule has 0 saturated carbocycles. The monoisotopic (exact) mass is 1130 g/mol. The third-order valence-corrected chi connectivity index (χ3v) is 14.4. The Bertz CT molecular complexity index is 1730. The maximum absolute atomic E-state index is 12.9. The smallest absolute Gasteiger partial charge is 0.306 e. The van der Waals surface area contributed by atoms with E-state index in [1.54, 1.807) is 0 Å². The van der Waals surface area contributed by atoms with E-state index in [9.17, 15) is 14.4 Å². The summed E-state index contributed by atoms with van der Waals surface area (Å²) < 4.78 is 16.9. The van der Waals surface area contributed by atoms with E-state index >= 15 is 0 Å². The Morgan fingerprint density at radius 2 is 0.500 bits per heavy atom. The van der Waals surface area contributed by atoms with Gasteiger partial charge in [0, 0.05) is 19.3 Å². The second-order valence-electron chi connectivity index (χ2n) is 22.3. The second-order valence-corrected chi connectivity index (χ2v) is 22.3. The Balaban J connectivity index is 4.26. The van der Waals surface area contributed by atoms with Crippen molar-refractivity contribution in [2.75, 3.05) is 13.2 Å². The Morgan fingerprint density at radius 1 is 0.256 bits per heavy atom. The molecule has 0 aromatic heterocycles. The zero-order valence-corrected chi connectivity index (χ0v) is 53.5. The van der Waals surface area contributed by atoms with Crippen molar-refractivity contribution < 1.29 is 28.6 Å². The first-order valence-electron chi connectivity index (χ1n) is 34.2. The number of carbonyl (C=O) groups is 3. The molecular weight excluding hydrogens is 1010 g/mol. The molecule has 0 saturated heterocycles. The molecule has 82 heavy (non-hydrogen) atoms. The van der Waals surface area contributed by atoms with Gasteiger partial charge in [0.05, 0.1) is 0 Å². The first kappa shape index (κ1) is 77.5. The van der Waals surface area contributed by atoms with E-state index in [2.05, 4.69) is 148 Å². The van der Waals surface area contributed by atoms with E-state index in [0.29, 0.717) is 19.3 Å². The molecule has 0 rings (SSSR count). The van der Waals surface area contributed by atoms with E-state index < -0.39 is 6.10 Å². The van der Waals surface area contributed by atoms with Crippen LogP contribution in [0.2, 0.25) is 0 Å². The van der Waals surface area contributed by atoms with Gasteiger partial charge in [-0.15, -0.1) is 0 Å². The molecule has 0 N–H and O–H groups in total. The second kappa shape index (κ2) is 69.0. The lowest BCUT2D eigenvalue weighted by Crippen LogP contribution is -2.30. The predicted molar refractivity (Wildman–Crippen MR) is 357 cm³/mol. The Hall–Kier alpha value is -4.45. The van der Waals surface area contributed by atoms with Crippen LogP contribution in [-0.4, -0.2) is 37.2 Å². The van der Waals surface area contributed by atoms with Gasteiger partial charge in [0.25, 0.3) is 0 Å². The van der Waals surface area contributed by atoms with Crippen molar-refractivity contribution in [2.24, 2.45) is 0 Å². The normalized spacial score (nSPS) is 13.0. The van der Waals surface area contributed by atoms with Gasteiger partial charge in [-0.3, -0.25) is 14.4 Å². The summed E-state index contributed by atoms with van der Waals surface area (Å²) in [5.41, 5.74) is 0. The van der Waals surface area contributed by atoms with Gasteiger partial charge < -0.3 is 14.2 Å². The van der Waals surface area contributed by atoms with Crippen molar-refractivity contribution in [1.29, 1.82) is 0 Å². The van der Waals surface area contributed by atoms with Gasteiger partial charge in [-0.05, 0) is 122 Å². The van der Waals surface area contributed by atoms with Gasteiger partial charge in [0.1, 0.15) is 13.2 Å². The Labute approximate surface area is 506 Å². The highest BCUT2D eigenvalue weighted by Crippen LogP contribution is 2.16. The van der Waals surface area contributed by atoms with Crippen molar-refractivity contribution in [3.05, 3.63) is 134 Å². The minimum atomic E-state index is -0.813. The van der Waals surface area contributed by atoms with Crippen LogP contribution in [0.25, 0.3) is 0 Å². The van der Waals surface area contributed by atoms with Crippen molar-refractivity contribution >= 4 is 17.9 Å². The molecule has 0 aromatic rings. The number of unbranched alkanes of at least 4 members (excludes halogenated alkanes) is 28. The molecule has 0 amide bonds. The fraction of sp³-hybridized carbons (Fsp3) is 0.671. The van der Waals surface area contributed by atoms with Crippen LogP contribution in [-0.2, 0) is 28.6 Å². The summed E-state index contributed by atoms with van der Waals surface area (Å²) in [4.78, 5) is 38.3. The lowest BCUT2D eigenvalue weighted by molar-refractivity contribution is -0.166. The minimum absolute atomic E-state index is 0.103. The zero-order chi connectivity index (χ0) is 59.2. The van der Waals surface area contributed by atoms with Gasteiger partial charge >= 0.3 is 17.9 Å². The summed E-state index contributed by atoms with van der Waals surface area (Å²) in [5.74, 6) is -0.987. The SMILES string of the molecule is CC/C=C\C/C=C\C/C=C\C/C=C\C/C=C\C/C=C\CCCCCCCCCCCCCCCCC(=O)OCC(COC(=O)CC/C=C\C/C=C\C/C=C\C/C=C\CC)OC(=O)CCCCCCCCC/C=C\CCCCCCCCC. The molecule has 6 heteroatoms. The molecule has 0 aromatic carbocycles. The highest BCUT2D eigenvalue weighted by molar-refractivity contribution is 5.71. The average molecular weight is 1140 g/mol. The van der Waals surface area contributed by atoms with Crippen LogP contribution < -0.4 is 0 Å². The molecule has 0 aliphatic heterocycles. The number of esters is 3. The molecule has 0 bridgehead atoms. The molecule has 0 fully saturated rings. The van der Waals surface area contributed by atoms with Crippen LogP contribution >= 0.6 is 0 Å². The van der Waals surface area contributed by atoms with Crippen molar-refractivity contribution in [2.45, 2.75) is 316 Å². The molecule has 466 valence electrons. The highest BCUT2D eigenvalue weighted by Gasteiger charge is 2.19. The van der Waals surface area contributed by atoms with Crippen LogP contribution in [0.4, 0.5) is 0 Å².